The largest absolute Gasteiger partial charge is 0.444 e. The summed E-state index contributed by atoms with van der Waals surface area (Å²) >= 11 is 0. The van der Waals surface area contributed by atoms with Gasteiger partial charge in [0, 0.05) is 24.2 Å². The van der Waals surface area contributed by atoms with Crippen LogP contribution in [0.1, 0.15) is 45.6 Å². The first kappa shape index (κ1) is 25.6. The maximum atomic E-state index is 15.5. The first-order chi connectivity index (χ1) is 16.4. The maximum Gasteiger partial charge on any atom is 0.410 e. The van der Waals surface area contributed by atoms with Crippen molar-refractivity contribution in [1.82, 2.24) is 9.62 Å². The van der Waals surface area contributed by atoms with E-state index in [0.717, 1.165) is 12.1 Å². The molecule has 1 saturated heterocycles. The monoisotopic (exact) mass is 512 g/mol. The highest BCUT2D eigenvalue weighted by Crippen LogP contribution is 2.43. The minimum atomic E-state index is -1.96. The summed E-state index contributed by atoms with van der Waals surface area (Å²) in [5.41, 5.74) is -0.510. The highest BCUT2D eigenvalue weighted by molar-refractivity contribution is 7.84. The predicted octanol–water partition coefficient (Wildman–Crippen LogP) is 5.40. The molecule has 1 unspecified atom stereocenters. The van der Waals surface area contributed by atoms with E-state index in [1.54, 1.807) is 26.8 Å². The number of hydrogen-bond donors (Lipinski definition) is 1. The van der Waals surface area contributed by atoms with Crippen molar-refractivity contribution in [3.63, 3.8) is 0 Å². The molecule has 0 radical (unpaired) electrons. The van der Waals surface area contributed by atoms with Crippen LogP contribution in [-0.4, -0.2) is 44.4 Å². The Morgan fingerprint density at radius 2 is 1.83 bits per heavy atom. The van der Waals surface area contributed by atoms with Crippen molar-refractivity contribution in [3.8, 4) is 11.1 Å². The summed E-state index contributed by atoms with van der Waals surface area (Å²) in [6, 6.07) is 6.04. The van der Waals surface area contributed by atoms with E-state index in [2.05, 4.69) is 4.72 Å². The van der Waals surface area contributed by atoms with Crippen molar-refractivity contribution < 1.29 is 31.3 Å². The lowest BCUT2D eigenvalue weighted by Gasteiger charge is -2.31. The average molecular weight is 513 g/mol. The van der Waals surface area contributed by atoms with Gasteiger partial charge in [0.1, 0.15) is 34.0 Å². The molecule has 1 aliphatic heterocycles. The van der Waals surface area contributed by atoms with Gasteiger partial charge in [-0.3, -0.25) is 0 Å². The number of halogens is 4. The van der Waals surface area contributed by atoms with E-state index in [1.807, 2.05) is 0 Å². The van der Waals surface area contributed by atoms with Crippen LogP contribution in [0.3, 0.4) is 0 Å². The van der Waals surface area contributed by atoms with Gasteiger partial charge < -0.3 is 9.64 Å². The molecule has 1 amide bonds. The van der Waals surface area contributed by atoms with Crippen LogP contribution in [0.4, 0.5) is 22.4 Å². The molecule has 2 aromatic rings. The fourth-order valence-corrected chi connectivity index (χ4v) is 5.45. The Morgan fingerprint density at radius 1 is 1.17 bits per heavy atom. The molecule has 1 N–H and O–H groups in total. The van der Waals surface area contributed by atoms with Crippen LogP contribution < -0.4 is 4.72 Å². The van der Waals surface area contributed by atoms with Gasteiger partial charge in [0.15, 0.2) is 5.00 Å². The second-order valence-electron chi connectivity index (χ2n) is 10.0. The van der Waals surface area contributed by atoms with Gasteiger partial charge in [-0.05, 0) is 69.7 Å². The number of alkyl halides is 1. The second-order valence-corrected chi connectivity index (χ2v) is 11.6. The Bertz CT molecular complexity index is 1130. The Kier molecular flexibility index (Phi) is 6.98. The van der Waals surface area contributed by atoms with E-state index < -0.39 is 57.2 Å². The number of rotatable bonds is 6. The van der Waals surface area contributed by atoms with E-state index in [1.165, 1.54) is 17.0 Å². The van der Waals surface area contributed by atoms with Crippen LogP contribution in [0.5, 0.6) is 0 Å². The minimum absolute atomic E-state index is 0.00483. The number of likely N-dealkylation sites (tertiary alicyclic amines) is 1. The van der Waals surface area contributed by atoms with Crippen molar-refractivity contribution in [2.45, 2.75) is 69.1 Å². The molecule has 190 valence electrons. The highest BCUT2D eigenvalue weighted by atomic mass is 32.2. The number of nitrogens with zero attached hydrogens (tertiary/aromatic N) is 1. The molecule has 5 nitrogen and oxygen atoms in total. The fourth-order valence-electron chi connectivity index (χ4n) is 4.21. The van der Waals surface area contributed by atoms with E-state index in [0.29, 0.717) is 12.5 Å². The summed E-state index contributed by atoms with van der Waals surface area (Å²) in [5.74, 6) is -2.34. The average Bonchev–Trinajstić information content (AvgIpc) is 3.38. The van der Waals surface area contributed by atoms with Gasteiger partial charge in [-0.1, -0.05) is 18.2 Å². The van der Waals surface area contributed by atoms with Crippen molar-refractivity contribution >= 4 is 17.1 Å². The Labute approximate surface area is 204 Å². The normalized spacial score (nSPS) is 22.2. The number of benzene rings is 2. The molecule has 1 saturated carbocycles. The molecule has 10 heteroatoms. The molecule has 2 aliphatic rings. The first-order valence-electron chi connectivity index (χ1n) is 11.5. The molecular formula is C25H28F4N2O3S. The molecule has 2 aromatic carbocycles. The van der Waals surface area contributed by atoms with Crippen molar-refractivity contribution in [2.75, 3.05) is 6.54 Å². The van der Waals surface area contributed by atoms with Crippen LogP contribution in [0.2, 0.25) is 0 Å². The molecule has 0 bridgehead atoms. The molecule has 0 aromatic heterocycles. The lowest BCUT2D eigenvalue weighted by atomic mass is 9.96. The van der Waals surface area contributed by atoms with Crippen LogP contribution in [0.15, 0.2) is 36.4 Å². The van der Waals surface area contributed by atoms with Gasteiger partial charge in [0.05, 0.1) is 6.04 Å². The Morgan fingerprint density at radius 3 is 2.43 bits per heavy atom. The van der Waals surface area contributed by atoms with Crippen molar-refractivity contribution in [1.29, 1.82) is 0 Å². The molecule has 0 spiro atoms. The highest BCUT2D eigenvalue weighted by Gasteiger charge is 2.51. The molecule has 4 rings (SSSR count). The van der Waals surface area contributed by atoms with Crippen molar-refractivity contribution in [2.24, 2.45) is 0 Å². The number of carbonyl (C=O) groups is 1. The number of nitrogens with one attached hydrogen (secondary N) is 1. The third-order valence-electron chi connectivity index (χ3n) is 6.09. The smallest absolute Gasteiger partial charge is 0.410 e. The Hall–Kier alpha value is -2.46. The third-order valence-corrected chi connectivity index (χ3v) is 7.68. The number of ether oxygens (including phenoxy) is 1. The van der Waals surface area contributed by atoms with Crippen LogP contribution in [0.25, 0.3) is 11.1 Å². The zero-order valence-corrected chi connectivity index (χ0v) is 20.6. The zero-order chi connectivity index (χ0) is 25.5. The van der Waals surface area contributed by atoms with E-state index in [-0.39, 0.29) is 42.5 Å². The topological polar surface area (TPSA) is 58.6 Å². The quantitative estimate of drug-likeness (QED) is 0.527. The predicted molar refractivity (Wildman–Crippen MR) is 125 cm³/mol. The fraction of sp³-hybridized carbons (Fsp3) is 0.480. The van der Waals surface area contributed by atoms with Crippen LogP contribution in [-0.2, 0) is 22.1 Å². The number of amides is 1. The first-order valence-corrected chi connectivity index (χ1v) is 12.6. The summed E-state index contributed by atoms with van der Waals surface area (Å²) in [6.45, 7) is 5.43. The molecule has 1 heterocycles. The second kappa shape index (κ2) is 9.54. The lowest BCUT2D eigenvalue weighted by Crippen LogP contribution is -2.49. The van der Waals surface area contributed by atoms with Crippen molar-refractivity contribution in [3.05, 3.63) is 59.4 Å². The number of carbonyl (C=O) groups excluding carboxylic acids is 1. The summed E-state index contributed by atoms with van der Waals surface area (Å²) < 4.78 is 78.2. The van der Waals surface area contributed by atoms with Crippen LogP contribution in [0, 0.1) is 17.5 Å². The van der Waals surface area contributed by atoms with Crippen LogP contribution >= 0.6 is 0 Å². The summed E-state index contributed by atoms with van der Waals surface area (Å²) in [4.78, 5) is 14.3. The third kappa shape index (κ3) is 5.86. The Balaban J connectivity index is 1.64. The minimum Gasteiger partial charge on any atom is -0.444 e. The summed E-state index contributed by atoms with van der Waals surface area (Å²) in [6.07, 6.45) is 0.164. The van der Waals surface area contributed by atoms with Gasteiger partial charge in [0.2, 0.25) is 0 Å². The summed E-state index contributed by atoms with van der Waals surface area (Å²) in [5, 5.41) is -1.78. The molecule has 2 fully saturated rings. The lowest BCUT2D eigenvalue weighted by molar-refractivity contribution is 0.0218. The van der Waals surface area contributed by atoms with E-state index >= 15 is 4.39 Å². The van der Waals surface area contributed by atoms with E-state index in [9.17, 15) is 22.2 Å². The van der Waals surface area contributed by atoms with Gasteiger partial charge in [-0.15, -0.1) is 0 Å². The maximum absolute atomic E-state index is 15.5. The van der Waals surface area contributed by atoms with E-state index in [4.69, 9.17) is 4.74 Å². The summed E-state index contributed by atoms with van der Waals surface area (Å²) in [7, 11) is -1.96. The standard InChI is InChI=1S/C25H28F4N2O3S/c1-24(2,3)34-23(32)31-10-7-20(30-35(33)25(29)8-9-25)21(31)13-15-5-4-6-19(22(15)28)16-11-17(26)14-18(27)12-16/h4-6,11-12,14,20-21,30H,7-10,13H2,1-3H3/t20-,21-,35?/m0/s1. The number of hydrogen-bond acceptors (Lipinski definition) is 3. The molecule has 3 atom stereocenters. The molecule has 1 aliphatic carbocycles. The van der Waals surface area contributed by atoms with Gasteiger partial charge in [-0.25, -0.2) is 31.3 Å². The molecular weight excluding hydrogens is 484 g/mol. The van der Waals surface area contributed by atoms with Gasteiger partial charge in [0.25, 0.3) is 0 Å². The van der Waals surface area contributed by atoms with Gasteiger partial charge >= 0.3 is 6.09 Å². The SMILES string of the molecule is CC(C)(C)OC(=O)N1CC[C@H](NS(=O)C2(F)CC2)[C@@H]1Cc1cccc(-c2cc(F)cc(F)c2)c1F. The molecule has 35 heavy (non-hydrogen) atoms. The zero-order valence-electron chi connectivity index (χ0n) is 19.7. The van der Waals surface area contributed by atoms with Gasteiger partial charge in [-0.2, -0.15) is 0 Å².